The minimum Gasteiger partial charge on any atom is -0.507 e. The maximum atomic E-state index is 10.2. The van der Waals surface area contributed by atoms with Gasteiger partial charge < -0.3 is 10.4 Å². The Balaban J connectivity index is 1.79. The van der Waals surface area contributed by atoms with E-state index in [0.29, 0.717) is 11.8 Å². The van der Waals surface area contributed by atoms with Crippen LogP contribution in [-0.4, -0.2) is 11.1 Å². The van der Waals surface area contributed by atoms with Crippen molar-refractivity contribution in [2.24, 2.45) is 0 Å². The highest BCUT2D eigenvalue weighted by Crippen LogP contribution is 2.39. The van der Waals surface area contributed by atoms with E-state index in [1.54, 1.807) is 0 Å². The molecule has 0 aliphatic carbocycles. The van der Waals surface area contributed by atoms with E-state index in [-0.39, 0.29) is 0 Å². The monoisotopic (exact) mass is 461 g/mol. The van der Waals surface area contributed by atoms with Crippen LogP contribution in [0.15, 0.2) is 45.9 Å². The Hall–Kier alpha value is -1.16. The Morgan fingerprint density at radius 3 is 2.35 bits per heavy atom. The van der Waals surface area contributed by atoms with Crippen LogP contribution < -0.4 is 5.32 Å². The molecule has 1 atom stereocenters. The molecular formula is C27H40ClNOS. The van der Waals surface area contributed by atoms with Crippen molar-refractivity contribution in [3.8, 4) is 5.75 Å². The number of phenols is 1. The fourth-order valence-corrected chi connectivity index (χ4v) is 5.24. The Morgan fingerprint density at radius 2 is 1.71 bits per heavy atom. The molecule has 2 N–H and O–H groups in total. The first-order valence-electron chi connectivity index (χ1n) is 11.6. The number of aryl methyl sites for hydroxylation is 1. The smallest absolute Gasteiger partial charge is 0.130 e. The molecule has 1 aliphatic rings. The standard InChI is InChI=1S/C27H40ClNOS/c1-19(2)9-6-10-20(3)11-7-12-21(4)13-8-14-23-15-16-24-25(18-29-23)22(5)17-26(30)27(24)31-28/h9,11,13,17,23,29-30H,6-8,10,12,14-16,18H2,1-5H3/b20-11+,21-13+. The van der Waals surface area contributed by atoms with Gasteiger partial charge in [0.25, 0.3) is 0 Å². The van der Waals surface area contributed by atoms with Crippen molar-refractivity contribution in [1.82, 2.24) is 5.32 Å². The third kappa shape index (κ3) is 8.71. The van der Waals surface area contributed by atoms with Crippen molar-refractivity contribution in [2.45, 2.75) is 103 Å². The first-order valence-corrected chi connectivity index (χ1v) is 13.3. The van der Waals surface area contributed by atoms with E-state index in [1.807, 2.05) is 6.07 Å². The van der Waals surface area contributed by atoms with Gasteiger partial charge >= 0.3 is 0 Å². The van der Waals surface area contributed by atoms with Crippen LogP contribution in [0.3, 0.4) is 0 Å². The van der Waals surface area contributed by atoms with Crippen LogP contribution in [-0.2, 0) is 13.0 Å². The van der Waals surface area contributed by atoms with Crippen LogP contribution in [0.5, 0.6) is 5.75 Å². The molecule has 0 bridgehead atoms. The Labute approximate surface area is 198 Å². The van der Waals surface area contributed by atoms with E-state index >= 15 is 0 Å². The van der Waals surface area contributed by atoms with Crippen molar-refractivity contribution in [1.29, 1.82) is 0 Å². The first kappa shape index (κ1) is 26.1. The second kappa shape index (κ2) is 13.4. The molecule has 2 rings (SSSR count). The van der Waals surface area contributed by atoms with Gasteiger partial charge in [-0.25, -0.2) is 0 Å². The third-order valence-corrected chi connectivity index (χ3v) is 7.29. The molecule has 0 fully saturated rings. The second-order valence-corrected chi connectivity index (χ2v) is 10.3. The van der Waals surface area contributed by atoms with Crippen molar-refractivity contribution in [3.05, 3.63) is 57.7 Å². The maximum Gasteiger partial charge on any atom is 0.130 e. The summed E-state index contributed by atoms with van der Waals surface area (Å²) in [5.74, 6) is 0.314. The number of aromatic hydroxyl groups is 1. The van der Waals surface area contributed by atoms with E-state index in [9.17, 15) is 5.11 Å². The summed E-state index contributed by atoms with van der Waals surface area (Å²) in [6.45, 7) is 11.8. The lowest BCUT2D eigenvalue weighted by molar-refractivity contribution is 0.459. The van der Waals surface area contributed by atoms with Gasteiger partial charge in [0, 0.05) is 12.6 Å². The Morgan fingerprint density at radius 1 is 1.06 bits per heavy atom. The van der Waals surface area contributed by atoms with Crippen LogP contribution >= 0.6 is 21.7 Å². The Kier molecular flexibility index (Phi) is 11.3. The van der Waals surface area contributed by atoms with E-state index in [0.717, 1.165) is 72.9 Å². The molecule has 0 spiro atoms. The highest BCUT2D eigenvalue weighted by molar-refractivity contribution is 8.21. The van der Waals surface area contributed by atoms with Crippen molar-refractivity contribution < 1.29 is 5.11 Å². The van der Waals surface area contributed by atoms with E-state index in [4.69, 9.17) is 10.7 Å². The summed E-state index contributed by atoms with van der Waals surface area (Å²) in [5.41, 5.74) is 8.09. The van der Waals surface area contributed by atoms with E-state index in [2.05, 4.69) is 58.2 Å². The molecule has 0 aromatic heterocycles. The van der Waals surface area contributed by atoms with Crippen LogP contribution in [0.25, 0.3) is 0 Å². The normalized spacial score (nSPS) is 17.3. The summed E-state index contributed by atoms with van der Waals surface area (Å²) in [4.78, 5) is 0.838. The molecule has 1 aliphatic heterocycles. The van der Waals surface area contributed by atoms with Gasteiger partial charge in [-0.3, -0.25) is 0 Å². The number of hydrogen-bond donors (Lipinski definition) is 2. The van der Waals surface area contributed by atoms with Crippen LogP contribution in [0.1, 0.15) is 89.3 Å². The number of benzene rings is 1. The Bertz CT molecular complexity index is 821. The van der Waals surface area contributed by atoms with Gasteiger partial charge in [-0.15, -0.1) is 0 Å². The van der Waals surface area contributed by atoms with Crippen LogP contribution in [0, 0.1) is 6.92 Å². The second-order valence-electron chi connectivity index (χ2n) is 9.23. The number of fused-ring (bicyclic) bond motifs is 1. The van der Waals surface area contributed by atoms with Gasteiger partial charge in [0.1, 0.15) is 5.75 Å². The zero-order valence-electron chi connectivity index (χ0n) is 20.0. The largest absolute Gasteiger partial charge is 0.507 e. The number of rotatable bonds is 10. The molecule has 172 valence electrons. The molecule has 1 aromatic rings. The summed E-state index contributed by atoms with van der Waals surface area (Å²) in [5, 5.41) is 14.0. The predicted octanol–water partition coefficient (Wildman–Crippen LogP) is 8.55. The lowest BCUT2D eigenvalue weighted by Gasteiger charge is -2.15. The summed E-state index contributed by atoms with van der Waals surface area (Å²) >= 11 is 0. The first-order chi connectivity index (χ1) is 14.8. The van der Waals surface area contributed by atoms with Crippen LogP contribution in [0.4, 0.5) is 0 Å². The molecule has 1 heterocycles. The average Bonchev–Trinajstić information content (AvgIpc) is 2.91. The molecule has 0 saturated heterocycles. The summed E-state index contributed by atoms with van der Waals surface area (Å²) in [7, 11) is 7.19. The van der Waals surface area contributed by atoms with Gasteiger partial charge in [0.2, 0.25) is 0 Å². The highest BCUT2D eigenvalue weighted by Gasteiger charge is 2.21. The van der Waals surface area contributed by atoms with Gasteiger partial charge in [-0.2, -0.15) is 0 Å². The zero-order valence-corrected chi connectivity index (χ0v) is 21.6. The van der Waals surface area contributed by atoms with E-state index in [1.165, 1.54) is 34.3 Å². The van der Waals surface area contributed by atoms with E-state index < -0.39 is 0 Å². The number of halogens is 1. The fraction of sp³-hybridized carbons (Fsp3) is 0.556. The summed E-state index contributed by atoms with van der Waals surface area (Å²) in [6.07, 6.45) is 16.1. The molecule has 31 heavy (non-hydrogen) atoms. The summed E-state index contributed by atoms with van der Waals surface area (Å²) < 4.78 is 0. The molecule has 0 amide bonds. The lowest BCUT2D eigenvalue weighted by Crippen LogP contribution is -2.27. The minimum absolute atomic E-state index is 0.314. The highest BCUT2D eigenvalue weighted by atomic mass is 35.7. The molecule has 1 unspecified atom stereocenters. The van der Waals surface area contributed by atoms with Gasteiger partial charge in [-0.05, 0) is 130 Å². The SMILES string of the molecule is CC(C)=CCC/C(C)=C/CC/C(C)=C/CCC1CCc2c(c(C)cc(O)c2SCl)CN1. The molecular weight excluding hydrogens is 422 g/mol. The minimum atomic E-state index is 0.314. The number of phenolic OH excluding ortho intramolecular Hbond substituents is 1. The molecule has 0 radical (unpaired) electrons. The predicted molar refractivity (Wildman–Crippen MR) is 138 cm³/mol. The van der Waals surface area contributed by atoms with Gasteiger partial charge in [0.15, 0.2) is 0 Å². The lowest BCUT2D eigenvalue weighted by atomic mass is 9.97. The topological polar surface area (TPSA) is 32.3 Å². The molecule has 2 nitrogen and oxygen atoms in total. The van der Waals surface area contributed by atoms with Crippen molar-refractivity contribution in [2.75, 3.05) is 0 Å². The van der Waals surface area contributed by atoms with Crippen molar-refractivity contribution >= 4 is 21.7 Å². The van der Waals surface area contributed by atoms with Gasteiger partial charge in [-0.1, -0.05) is 34.9 Å². The van der Waals surface area contributed by atoms with Gasteiger partial charge in [0.05, 0.1) is 4.90 Å². The maximum absolute atomic E-state index is 10.2. The molecule has 4 heteroatoms. The molecule has 0 saturated carbocycles. The number of allylic oxidation sites excluding steroid dienone is 6. The average molecular weight is 462 g/mol. The quantitative estimate of drug-likeness (QED) is 0.342. The zero-order chi connectivity index (χ0) is 22.8. The molecule has 1 aromatic carbocycles. The number of nitrogens with one attached hydrogen (secondary N) is 1. The fourth-order valence-electron chi connectivity index (χ4n) is 4.27. The van der Waals surface area contributed by atoms with Crippen LogP contribution in [0.2, 0.25) is 0 Å². The van der Waals surface area contributed by atoms with Crippen molar-refractivity contribution in [3.63, 3.8) is 0 Å². The summed E-state index contributed by atoms with van der Waals surface area (Å²) in [6, 6.07) is 2.35. The third-order valence-electron chi connectivity index (χ3n) is 6.22. The number of hydrogen-bond acceptors (Lipinski definition) is 3.